The largest absolute Gasteiger partial charge is 0.496 e. The highest BCUT2D eigenvalue weighted by Crippen LogP contribution is 2.45. The maximum atomic E-state index is 10.6. The molecule has 1 rings (SSSR count). The Morgan fingerprint density at radius 2 is 1.58 bits per heavy atom. The van der Waals surface area contributed by atoms with Gasteiger partial charge >= 0.3 is 5.97 Å². The van der Waals surface area contributed by atoms with Crippen molar-refractivity contribution >= 4 is 12.0 Å². The monoisotopic (exact) mass is 268 g/mol. The molecule has 0 bridgehead atoms. The fourth-order valence-corrected chi connectivity index (χ4v) is 1.64. The van der Waals surface area contributed by atoms with Gasteiger partial charge in [0.25, 0.3) is 0 Å². The molecule has 0 radical (unpaired) electrons. The molecule has 0 aliphatic carbocycles. The van der Waals surface area contributed by atoms with E-state index in [1.54, 1.807) is 6.07 Å². The van der Waals surface area contributed by atoms with Gasteiger partial charge in [-0.1, -0.05) is 0 Å². The van der Waals surface area contributed by atoms with Crippen LogP contribution in [0.15, 0.2) is 12.1 Å². The third-order valence-electron chi connectivity index (χ3n) is 2.44. The molecule has 1 aromatic carbocycles. The predicted molar refractivity (Wildman–Crippen MR) is 69.3 cm³/mol. The van der Waals surface area contributed by atoms with Crippen molar-refractivity contribution in [2.24, 2.45) is 0 Å². The average Bonchev–Trinajstić information content (AvgIpc) is 2.42. The van der Waals surface area contributed by atoms with E-state index in [-0.39, 0.29) is 0 Å². The summed E-state index contributed by atoms with van der Waals surface area (Å²) in [6, 6.07) is 1.60. The minimum absolute atomic E-state index is 0.344. The van der Waals surface area contributed by atoms with E-state index in [9.17, 15) is 4.79 Å². The normalized spacial score (nSPS) is 10.3. The van der Waals surface area contributed by atoms with Crippen LogP contribution < -0.4 is 18.9 Å². The van der Waals surface area contributed by atoms with Crippen molar-refractivity contribution in [1.82, 2.24) is 0 Å². The molecule has 1 N–H and O–H groups in total. The van der Waals surface area contributed by atoms with Gasteiger partial charge in [0.2, 0.25) is 5.75 Å². The molecule has 0 aliphatic rings. The number of methoxy groups -OCH3 is 4. The second kappa shape index (κ2) is 6.53. The van der Waals surface area contributed by atoms with E-state index < -0.39 is 5.97 Å². The van der Waals surface area contributed by atoms with E-state index in [1.807, 2.05) is 0 Å². The van der Waals surface area contributed by atoms with Crippen molar-refractivity contribution in [3.8, 4) is 23.0 Å². The Labute approximate surface area is 111 Å². The highest BCUT2D eigenvalue weighted by atomic mass is 16.5. The fraction of sp³-hybridized carbons (Fsp3) is 0.308. The molecule has 104 valence electrons. The van der Waals surface area contributed by atoms with Crippen LogP contribution in [0.1, 0.15) is 5.56 Å². The summed E-state index contributed by atoms with van der Waals surface area (Å²) in [6.45, 7) is 0. The minimum atomic E-state index is -1.07. The molecule has 0 amide bonds. The molecule has 0 aromatic heterocycles. The molecular formula is C13H16O6. The molecule has 0 aliphatic heterocycles. The Morgan fingerprint density at radius 1 is 1.00 bits per heavy atom. The van der Waals surface area contributed by atoms with Crippen LogP contribution >= 0.6 is 0 Å². The maximum Gasteiger partial charge on any atom is 0.328 e. The van der Waals surface area contributed by atoms with Gasteiger partial charge in [-0.15, -0.1) is 0 Å². The molecule has 0 saturated carbocycles. The third-order valence-corrected chi connectivity index (χ3v) is 2.44. The van der Waals surface area contributed by atoms with Crippen molar-refractivity contribution in [1.29, 1.82) is 0 Å². The second-order valence-corrected chi connectivity index (χ2v) is 3.43. The summed E-state index contributed by atoms with van der Waals surface area (Å²) in [5.41, 5.74) is 0.463. The van der Waals surface area contributed by atoms with Crippen LogP contribution in [-0.2, 0) is 4.79 Å². The molecule has 0 saturated heterocycles. The molecule has 0 spiro atoms. The van der Waals surface area contributed by atoms with Crippen LogP contribution in [0.3, 0.4) is 0 Å². The maximum absolute atomic E-state index is 10.6. The fourth-order valence-electron chi connectivity index (χ4n) is 1.64. The van der Waals surface area contributed by atoms with E-state index in [0.717, 1.165) is 6.08 Å². The number of hydrogen-bond donors (Lipinski definition) is 1. The lowest BCUT2D eigenvalue weighted by atomic mass is 10.1. The van der Waals surface area contributed by atoms with Gasteiger partial charge < -0.3 is 24.1 Å². The number of rotatable bonds is 6. The Hall–Kier alpha value is -2.37. The van der Waals surface area contributed by atoms with E-state index in [0.29, 0.717) is 28.6 Å². The first-order valence-electron chi connectivity index (χ1n) is 5.37. The quantitative estimate of drug-likeness (QED) is 0.793. The molecule has 0 atom stereocenters. The number of carbonyl (C=O) groups is 1. The standard InChI is InChI=1S/C13H16O6/c1-16-9-7-10(17-2)13(19-4)12(18-3)8(9)5-6-11(14)15/h5-7H,1-4H3,(H,14,15)/b6-5+. The van der Waals surface area contributed by atoms with Crippen molar-refractivity contribution in [3.63, 3.8) is 0 Å². The van der Waals surface area contributed by atoms with E-state index in [2.05, 4.69) is 0 Å². The van der Waals surface area contributed by atoms with Crippen LogP contribution in [0.4, 0.5) is 0 Å². The van der Waals surface area contributed by atoms with Gasteiger partial charge in [0.05, 0.1) is 34.0 Å². The summed E-state index contributed by atoms with van der Waals surface area (Å²) >= 11 is 0. The molecular weight excluding hydrogens is 252 g/mol. The third kappa shape index (κ3) is 3.09. The Morgan fingerprint density at radius 3 is 2.00 bits per heavy atom. The van der Waals surface area contributed by atoms with Crippen molar-refractivity contribution < 1.29 is 28.8 Å². The van der Waals surface area contributed by atoms with Crippen molar-refractivity contribution in [3.05, 3.63) is 17.7 Å². The van der Waals surface area contributed by atoms with E-state index >= 15 is 0 Å². The van der Waals surface area contributed by atoms with Gasteiger partial charge in [-0.05, 0) is 6.08 Å². The molecule has 0 unspecified atom stereocenters. The molecule has 6 heteroatoms. The number of ether oxygens (including phenoxy) is 4. The number of carboxylic acid groups (broad SMARTS) is 1. The molecule has 0 heterocycles. The van der Waals surface area contributed by atoms with Crippen LogP contribution in [0.5, 0.6) is 23.0 Å². The number of hydrogen-bond acceptors (Lipinski definition) is 5. The lowest BCUT2D eigenvalue weighted by Crippen LogP contribution is -2.00. The molecule has 19 heavy (non-hydrogen) atoms. The predicted octanol–water partition coefficient (Wildman–Crippen LogP) is 1.82. The lowest BCUT2D eigenvalue weighted by Gasteiger charge is -2.17. The first kappa shape index (κ1) is 14.7. The lowest BCUT2D eigenvalue weighted by molar-refractivity contribution is -0.131. The summed E-state index contributed by atoms with van der Waals surface area (Å²) in [4.78, 5) is 10.6. The molecule has 1 aromatic rings. The summed E-state index contributed by atoms with van der Waals surface area (Å²) in [5.74, 6) is 0.501. The van der Waals surface area contributed by atoms with Gasteiger partial charge in [0.1, 0.15) is 5.75 Å². The van der Waals surface area contributed by atoms with Gasteiger partial charge in [-0.25, -0.2) is 4.79 Å². The smallest absolute Gasteiger partial charge is 0.328 e. The first-order chi connectivity index (χ1) is 9.08. The van der Waals surface area contributed by atoms with Crippen LogP contribution in [0, 0.1) is 0 Å². The summed E-state index contributed by atoms with van der Waals surface area (Å²) in [7, 11) is 5.88. The van der Waals surface area contributed by atoms with Gasteiger partial charge in [0.15, 0.2) is 11.5 Å². The zero-order valence-electron chi connectivity index (χ0n) is 11.2. The van der Waals surface area contributed by atoms with Crippen molar-refractivity contribution in [2.45, 2.75) is 0 Å². The van der Waals surface area contributed by atoms with Crippen LogP contribution in [-0.4, -0.2) is 39.5 Å². The zero-order valence-corrected chi connectivity index (χ0v) is 11.2. The Kier molecular flexibility index (Phi) is 5.05. The summed E-state index contributed by atoms with van der Waals surface area (Å²) in [6.07, 6.45) is 2.37. The minimum Gasteiger partial charge on any atom is -0.496 e. The number of aliphatic carboxylic acids is 1. The van der Waals surface area contributed by atoms with Gasteiger partial charge in [-0.2, -0.15) is 0 Å². The number of benzene rings is 1. The zero-order chi connectivity index (χ0) is 14.4. The SMILES string of the molecule is COc1cc(OC)c(OC)c(OC)c1/C=C/C(=O)O. The molecule has 0 fully saturated rings. The van der Waals surface area contributed by atoms with Gasteiger partial charge in [-0.3, -0.25) is 0 Å². The average molecular weight is 268 g/mol. The Bertz CT molecular complexity index is 492. The Balaban J connectivity index is 3.52. The highest BCUT2D eigenvalue weighted by Gasteiger charge is 2.19. The van der Waals surface area contributed by atoms with E-state index in [4.69, 9.17) is 24.1 Å². The van der Waals surface area contributed by atoms with E-state index in [1.165, 1.54) is 34.5 Å². The summed E-state index contributed by atoms with van der Waals surface area (Å²) < 4.78 is 20.9. The molecule has 6 nitrogen and oxygen atoms in total. The van der Waals surface area contributed by atoms with Crippen LogP contribution in [0.2, 0.25) is 0 Å². The highest BCUT2D eigenvalue weighted by molar-refractivity contribution is 5.87. The second-order valence-electron chi connectivity index (χ2n) is 3.43. The van der Waals surface area contributed by atoms with Gasteiger partial charge in [0, 0.05) is 12.1 Å². The summed E-state index contributed by atoms with van der Waals surface area (Å²) in [5, 5.41) is 8.70. The van der Waals surface area contributed by atoms with Crippen molar-refractivity contribution in [2.75, 3.05) is 28.4 Å². The van der Waals surface area contributed by atoms with Crippen LogP contribution in [0.25, 0.3) is 6.08 Å². The first-order valence-corrected chi connectivity index (χ1v) is 5.37. The number of carboxylic acids is 1. The topological polar surface area (TPSA) is 74.2 Å².